The van der Waals surface area contributed by atoms with E-state index in [-0.39, 0.29) is 18.6 Å². The van der Waals surface area contributed by atoms with E-state index >= 15 is 0 Å². The molecule has 1 heterocycles. The van der Waals surface area contributed by atoms with E-state index in [9.17, 15) is 10.2 Å². The highest BCUT2D eigenvalue weighted by Gasteiger charge is 2.27. The van der Waals surface area contributed by atoms with Gasteiger partial charge in [0, 0.05) is 32.2 Å². The van der Waals surface area contributed by atoms with Crippen LogP contribution >= 0.6 is 0 Å². The highest BCUT2D eigenvalue weighted by Crippen LogP contribution is 2.30. The van der Waals surface area contributed by atoms with Gasteiger partial charge in [-0.2, -0.15) is 0 Å². The van der Waals surface area contributed by atoms with Gasteiger partial charge in [-0.1, -0.05) is 6.07 Å². The third-order valence-corrected chi connectivity index (χ3v) is 4.09. The maximum atomic E-state index is 9.86. The van der Waals surface area contributed by atoms with Crippen LogP contribution in [0.25, 0.3) is 0 Å². The van der Waals surface area contributed by atoms with Gasteiger partial charge in [-0.05, 0) is 44.9 Å². The van der Waals surface area contributed by atoms with Crippen LogP contribution in [0.4, 0.5) is 0 Å². The van der Waals surface area contributed by atoms with E-state index in [1.165, 1.54) is 0 Å². The SMILES string of the molecule is CCOc1cc(CN2CC[C@@H](O)[C@@H](CO)C2)ccc1OC(C)C. The van der Waals surface area contributed by atoms with Crippen LogP contribution in [0.5, 0.6) is 11.5 Å². The maximum absolute atomic E-state index is 9.86. The normalized spacial score (nSPS) is 22.3. The Labute approximate surface area is 138 Å². The number of rotatable bonds is 7. The van der Waals surface area contributed by atoms with Gasteiger partial charge in [0.2, 0.25) is 0 Å². The molecule has 1 saturated heterocycles. The summed E-state index contributed by atoms with van der Waals surface area (Å²) < 4.78 is 11.5. The summed E-state index contributed by atoms with van der Waals surface area (Å²) in [7, 11) is 0. The molecular weight excluding hydrogens is 294 g/mol. The van der Waals surface area contributed by atoms with Crippen molar-refractivity contribution in [1.82, 2.24) is 4.90 Å². The van der Waals surface area contributed by atoms with Crippen molar-refractivity contribution in [1.29, 1.82) is 0 Å². The first-order valence-electron chi connectivity index (χ1n) is 8.47. The Bertz CT molecular complexity index is 492. The average molecular weight is 323 g/mol. The molecule has 0 saturated carbocycles. The molecule has 0 aromatic heterocycles. The molecule has 23 heavy (non-hydrogen) atoms. The summed E-state index contributed by atoms with van der Waals surface area (Å²) in [5.41, 5.74) is 1.15. The summed E-state index contributed by atoms with van der Waals surface area (Å²) in [5, 5.41) is 19.2. The van der Waals surface area contributed by atoms with Crippen LogP contribution in [0.3, 0.4) is 0 Å². The van der Waals surface area contributed by atoms with Crippen molar-refractivity contribution in [3.63, 3.8) is 0 Å². The van der Waals surface area contributed by atoms with Crippen LogP contribution in [-0.2, 0) is 6.54 Å². The summed E-state index contributed by atoms with van der Waals surface area (Å²) >= 11 is 0. The Morgan fingerprint density at radius 2 is 2.09 bits per heavy atom. The van der Waals surface area contributed by atoms with Crippen molar-refractivity contribution >= 4 is 0 Å². The van der Waals surface area contributed by atoms with Gasteiger partial charge >= 0.3 is 0 Å². The zero-order valence-corrected chi connectivity index (χ0v) is 14.4. The fourth-order valence-corrected chi connectivity index (χ4v) is 2.95. The van der Waals surface area contributed by atoms with Gasteiger partial charge in [-0.15, -0.1) is 0 Å². The number of piperidine rings is 1. The molecule has 2 N–H and O–H groups in total. The molecule has 0 aliphatic carbocycles. The number of ether oxygens (including phenoxy) is 2. The van der Waals surface area contributed by atoms with Crippen molar-refractivity contribution in [2.45, 2.75) is 45.9 Å². The van der Waals surface area contributed by atoms with E-state index in [1.54, 1.807) is 0 Å². The van der Waals surface area contributed by atoms with Crippen molar-refractivity contribution in [3.8, 4) is 11.5 Å². The minimum Gasteiger partial charge on any atom is -0.490 e. The van der Waals surface area contributed by atoms with Crippen LogP contribution < -0.4 is 9.47 Å². The van der Waals surface area contributed by atoms with Crippen LogP contribution in [-0.4, -0.2) is 53.6 Å². The molecule has 5 heteroatoms. The predicted octanol–water partition coefficient (Wildman–Crippen LogP) is 2.05. The molecule has 1 aliphatic rings. The van der Waals surface area contributed by atoms with E-state index in [0.29, 0.717) is 19.6 Å². The molecule has 0 radical (unpaired) electrons. The zero-order chi connectivity index (χ0) is 16.8. The first-order chi connectivity index (χ1) is 11.0. The molecule has 5 nitrogen and oxygen atoms in total. The number of aliphatic hydroxyl groups excluding tert-OH is 2. The first-order valence-corrected chi connectivity index (χ1v) is 8.47. The molecule has 0 spiro atoms. The molecule has 130 valence electrons. The number of likely N-dealkylation sites (tertiary alicyclic amines) is 1. The maximum Gasteiger partial charge on any atom is 0.161 e. The largest absolute Gasteiger partial charge is 0.490 e. The lowest BCUT2D eigenvalue weighted by Gasteiger charge is -2.35. The van der Waals surface area contributed by atoms with Gasteiger partial charge in [0.25, 0.3) is 0 Å². The molecular formula is C18H29NO4. The fourth-order valence-electron chi connectivity index (χ4n) is 2.95. The molecule has 0 bridgehead atoms. The van der Waals surface area contributed by atoms with Crippen LogP contribution in [0.1, 0.15) is 32.8 Å². The second-order valence-corrected chi connectivity index (χ2v) is 6.41. The topological polar surface area (TPSA) is 62.2 Å². The molecule has 1 aromatic carbocycles. The van der Waals surface area contributed by atoms with Crippen molar-refractivity contribution in [2.75, 3.05) is 26.3 Å². The van der Waals surface area contributed by atoms with Gasteiger partial charge in [0.1, 0.15) is 0 Å². The number of aliphatic hydroxyl groups is 2. The van der Waals surface area contributed by atoms with Gasteiger partial charge in [-0.25, -0.2) is 0 Å². The summed E-state index contributed by atoms with van der Waals surface area (Å²) in [6, 6.07) is 6.04. The van der Waals surface area contributed by atoms with Crippen molar-refractivity contribution < 1.29 is 19.7 Å². The Morgan fingerprint density at radius 1 is 1.30 bits per heavy atom. The number of benzene rings is 1. The summed E-state index contributed by atoms with van der Waals surface area (Å²) in [6.07, 6.45) is 0.420. The second kappa shape index (κ2) is 8.52. The molecule has 1 aromatic rings. The minimum absolute atomic E-state index is 0.0308. The van der Waals surface area contributed by atoms with Crippen LogP contribution in [0, 0.1) is 5.92 Å². The van der Waals surface area contributed by atoms with Gasteiger partial charge in [0.15, 0.2) is 11.5 Å². The van der Waals surface area contributed by atoms with Crippen LogP contribution in [0.15, 0.2) is 18.2 Å². The molecule has 1 aliphatic heterocycles. The monoisotopic (exact) mass is 323 g/mol. The highest BCUT2D eigenvalue weighted by atomic mass is 16.5. The summed E-state index contributed by atoms with van der Waals surface area (Å²) in [6.45, 7) is 8.92. The Balaban J connectivity index is 2.06. The Hall–Kier alpha value is -1.30. The third-order valence-electron chi connectivity index (χ3n) is 4.09. The van der Waals surface area contributed by atoms with Crippen molar-refractivity contribution in [3.05, 3.63) is 23.8 Å². The first kappa shape index (κ1) is 18.0. The second-order valence-electron chi connectivity index (χ2n) is 6.41. The number of nitrogens with zero attached hydrogens (tertiary/aromatic N) is 1. The zero-order valence-electron chi connectivity index (χ0n) is 14.4. The van der Waals surface area contributed by atoms with Gasteiger partial charge < -0.3 is 19.7 Å². The van der Waals surface area contributed by atoms with E-state index in [4.69, 9.17) is 9.47 Å². The molecule has 0 amide bonds. The lowest BCUT2D eigenvalue weighted by atomic mass is 9.95. The predicted molar refractivity (Wildman–Crippen MR) is 89.9 cm³/mol. The molecule has 2 atom stereocenters. The fraction of sp³-hybridized carbons (Fsp3) is 0.667. The third kappa shape index (κ3) is 5.09. The summed E-state index contributed by atoms with van der Waals surface area (Å²) in [4.78, 5) is 2.27. The molecule has 2 rings (SSSR count). The van der Waals surface area contributed by atoms with Gasteiger partial charge in [-0.3, -0.25) is 4.90 Å². The quantitative estimate of drug-likeness (QED) is 0.804. The lowest BCUT2D eigenvalue weighted by molar-refractivity contribution is -0.00203. The van der Waals surface area contributed by atoms with E-state index < -0.39 is 6.10 Å². The van der Waals surface area contributed by atoms with E-state index in [1.807, 2.05) is 32.9 Å². The van der Waals surface area contributed by atoms with Crippen molar-refractivity contribution in [2.24, 2.45) is 5.92 Å². The summed E-state index contributed by atoms with van der Waals surface area (Å²) in [5.74, 6) is 1.49. The van der Waals surface area contributed by atoms with E-state index in [0.717, 1.165) is 30.2 Å². The van der Waals surface area contributed by atoms with Gasteiger partial charge in [0.05, 0.1) is 18.8 Å². The highest BCUT2D eigenvalue weighted by molar-refractivity contribution is 5.43. The average Bonchev–Trinajstić information content (AvgIpc) is 2.51. The van der Waals surface area contributed by atoms with Crippen LogP contribution in [0.2, 0.25) is 0 Å². The van der Waals surface area contributed by atoms with E-state index in [2.05, 4.69) is 11.0 Å². The minimum atomic E-state index is -0.392. The molecule has 0 unspecified atom stereocenters. The number of hydrogen-bond acceptors (Lipinski definition) is 5. The lowest BCUT2D eigenvalue weighted by Crippen LogP contribution is -2.44. The Kier molecular flexibility index (Phi) is 6.69. The number of hydrogen-bond donors (Lipinski definition) is 2. The molecule has 1 fully saturated rings. The standard InChI is InChI=1S/C18H29NO4/c1-4-22-18-9-14(5-6-17(18)23-13(2)3)10-19-8-7-16(21)15(11-19)12-20/h5-6,9,13,15-16,20-21H,4,7-8,10-12H2,1-3H3/t15-,16-/m1/s1. The smallest absolute Gasteiger partial charge is 0.161 e. The Morgan fingerprint density at radius 3 is 2.74 bits per heavy atom.